The number of aromatic nitrogens is 2. The Bertz CT molecular complexity index is 1280. The number of hydrogen-bond acceptors (Lipinski definition) is 9. The first kappa shape index (κ1) is 31.2. The number of benzene rings is 1. The smallest absolute Gasteiger partial charge is 0.410 e. The lowest BCUT2D eigenvalue weighted by Crippen LogP contribution is -2.47. The molecule has 0 spiro atoms. The zero-order valence-electron chi connectivity index (χ0n) is 24.7. The molecule has 0 bridgehead atoms. The van der Waals surface area contributed by atoms with E-state index in [4.69, 9.17) is 10.1 Å². The van der Waals surface area contributed by atoms with Gasteiger partial charge in [0.1, 0.15) is 17.5 Å². The van der Waals surface area contributed by atoms with E-state index in [1.165, 1.54) is 11.1 Å². The number of unbranched alkanes of at least 4 members (excludes halogenated alkanes) is 1. The number of carbonyl (C=O) groups excluding carboxylic acids is 2. The van der Waals surface area contributed by atoms with Crippen LogP contribution in [-0.4, -0.2) is 71.4 Å². The highest BCUT2D eigenvalue weighted by Gasteiger charge is 2.36. The van der Waals surface area contributed by atoms with Gasteiger partial charge in [-0.2, -0.15) is 4.98 Å². The van der Waals surface area contributed by atoms with Crippen LogP contribution in [0.15, 0.2) is 24.4 Å². The van der Waals surface area contributed by atoms with Crippen molar-refractivity contribution < 1.29 is 14.3 Å². The fourth-order valence-electron chi connectivity index (χ4n) is 4.26. The van der Waals surface area contributed by atoms with Gasteiger partial charge in [0.2, 0.25) is 11.9 Å². The van der Waals surface area contributed by atoms with Crippen molar-refractivity contribution >= 4 is 41.4 Å². The van der Waals surface area contributed by atoms with E-state index in [9.17, 15) is 9.59 Å². The number of hydrogen-bond donors (Lipinski definition) is 5. The van der Waals surface area contributed by atoms with E-state index in [1.807, 2.05) is 46.0 Å². The number of anilines is 4. The fourth-order valence-corrected chi connectivity index (χ4v) is 4.26. The van der Waals surface area contributed by atoms with Crippen molar-refractivity contribution in [1.82, 2.24) is 20.2 Å². The fraction of sp³-hybridized carbons (Fsp3) is 0.500. The summed E-state index contributed by atoms with van der Waals surface area (Å²) in [5, 5.41) is 20.1. The van der Waals surface area contributed by atoms with E-state index >= 15 is 0 Å². The summed E-state index contributed by atoms with van der Waals surface area (Å²) in [7, 11) is 1.81. The van der Waals surface area contributed by atoms with E-state index in [0.717, 1.165) is 36.3 Å². The Balaban J connectivity index is 1.55. The molecule has 3 rings (SSSR count). The molecule has 5 N–H and O–H groups in total. The summed E-state index contributed by atoms with van der Waals surface area (Å²) in [5.74, 6) is 7.24. The number of rotatable bonds is 11. The van der Waals surface area contributed by atoms with Gasteiger partial charge in [-0.1, -0.05) is 18.8 Å². The maximum absolute atomic E-state index is 12.7. The summed E-state index contributed by atoms with van der Waals surface area (Å²) in [6.07, 6.45) is 6.16. The number of nitrogens with zero attached hydrogens (tertiary/aromatic N) is 3. The average molecular weight is 563 g/mol. The highest BCUT2D eigenvalue weighted by Crippen LogP contribution is 2.23. The first-order valence-corrected chi connectivity index (χ1v) is 14.1. The third-order valence-corrected chi connectivity index (χ3v) is 6.25. The van der Waals surface area contributed by atoms with Gasteiger partial charge in [-0.15, -0.1) is 0 Å². The van der Waals surface area contributed by atoms with E-state index in [-0.39, 0.29) is 5.91 Å². The predicted octanol–water partition coefficient (Wildman–Crippen LogP) is 4.73. The molecule has 1 unspecified atom stereocenters. The van der Waals surface area contributed by atoms with Crippen LogP contribution in [0.3, 0.4) is 0 Å². The number of ether oxygens (including phenoxy) is 1. The van der Waals surface area contributed by atoms with E-state index in [2.05, 4.69) is 50.0 Å². The third-order valence-electron chi connectivity index (χ3n) is 6.25. The van der Waals surface area contributed by atoms with Crippen LogP contribution in [0, 0.1) is 17.3 Å². The van der Waals surface area contributed by atoms with Crippen LogP contribution < -0.4 is 21.3 Å². The molecule has 41 heavy (non-hydrogen) atoms. The maximum atomic E-state index is 12.7. The molecule has 1 aliphatic heterocycles. The van der Waals surface area contributed by atoms with Gasteiger partial charge < -0.3 is 31.4 Å². The van der Waals surface area contributed by atoms with Crippen LogP contribution in [0.25, 0.3) is 0 Å². The van der Waals surface area contributed by atoms with E-state index < -0.39 is 17.7 Å². The summed E-state index contributed by atoms with van der Waals surface area (Å²) < 4.78 is 5.45. The molecule has 11 nitrogen and oxygen atoms in total. The number of carbonyl (C=O) groups is 2. The molecule has 2 heterocycles. The van der Waals surface area contributed by atoms with Crippen molar-refractivity contribution in [3.63, 3.8) is 0 Å². The van der Waals surface area contributed by atoms with Gasteiger partial charge in [0.15, 0.2) is 0 Å². The molecule has 1 saturated heterocycles. The van der Waals surface area contributed by atoms with Crippen LogP contribution >= 0.6 is 0 Å². The Hall–Kier alpha value is -4.33. The number of amides is 2. The predicted molar refractivity (Wildman–Crippen MR) is 163 cm³/mol. The molecule has 0 saturated carbocycles. The monoisotopic (exact) mass is 562 g/mol. The average Bonchev–Trinajstić information content (AvgIpc) is 3.44. The van der Waals surface area contributed by atoms with Gasteiger partial charge in [0, 0.05) is 56.3 Å². The highest BCUT2D eigenvalue weighted by atomic mass is 16.6. The second-order valence-corrected chi connectivity index (χ2v) is 10.7. The van der Waals surface area contributed by atoms with Crippen molar-refractivity contribution in [1.29, 1.82) is 5.41 Å². The van der Waals surface area contributed by atoms with Crippen LogP contribution in [0.1, 0.15) is 70.9 Å². The Morgan fingerprint density at radius 1 is 1.27 bits per heavy atom. The van der Waals surface area contributed by atoms with Crippen LogP contribution in [0.5, 0.6) is 0 Å². The molecule has 11 heteroatoms. The lowest BCUT2D eigenvalue weighted by molar-refractivity contribution is -0.125. The molecule has 1 aromatic carbocycles. The Kier molecular flexibility index (Phi) is 11.3. The SMILES string of the molecule is CCCNc1nc(Nc2ccc(C=N)c(NC)c2)ncc1C#CCCCNC(=O)C1CCCN1C(=O)OC(C)(C)C. The Labute approximate surface area is 242 Å². The van der Waals surface area contributed by atoms with Crippen LogP contribution in [0.4, 0.5) is 27.9 Å². The van der Waals surface area contributed by atoms with Crippen LogP contribution in [-0.2, 0) is 9.53 Å². The molecule has 220 valence electrons. The standard InChI is InChI=1S/C30H42N8O3/c1-6-15-33-26-22(20-35-28(37-26)36-23-14-13-21(19-31)24(18-23)32-5)11-8-7-9-16-34-27(39)25-12-10-17-38(25)29(40)41-30(2,3)4/h13-14,18-20,25,31-32H,6-7,9-10,12,15-17H2,1-5H3,(H,34,39)(H2,33,35,36,37). The second kappa shape index (κ2) is 14.9. The second-order valence-electron chi connectivity index (χ2n) is 10.7. The Morgan fingerprint density at radius 3 is 2.78 bits per heavy atom. The maximum Gasteiger partial charge on any atom is 0.410 e. The van der Waals surface area contributed by atoms with Crippen molar-refractivity contribution in [2.75, 3.05) is 42.6 Å². The van der Waals surface area contributed by atoms with Crippen molar-refractivity contribution in [3.8, 4) is 11.8 Å². The summed E-state index contributed by atoms with van der Waals surface area (Å²) in [6.45, 7) is 9.27. The molecule has 1 fully saturated rings. The zero-order chi connectivity index (χ0) is 29.8. The minimum absolute atomic E-state index is 0.154. The molecule has 2 aromatic rings. The summed E-state index contributed by atoms with van der Waals surface area (Å²) >= 11 is 0. The van der Waals surface area contributed by atoms with E-state index in [0.29, 0.717) is 49.7 Å². The summed E-state index contributed by atoms with van der Waals surface area (Å²) in [5.41, 5.74) is 2.51. The minimum atomic E-state index is -0.600. The van der Waals surface area contributed by atoms with Crippen molar-refractivity contribution in [3.05, 3.63) is 35.5 Å². The quantitative estimate of drug-likeness (QED) is 0.150. The molecule has 0 radical (unpaired) electrons. The Morgan fingerprint density at radius 2 is 2.07 bits per heavy atom. The molecular weight excluding hydrogens is 520 g/mol. The minimum Gasteiger partial charge on any atom is -0.444 e. The largest absolute Gasteiger partial charge is 0.444 e. The molecule has 2 amide bonds. The summed E-state index contributed by atoms with van der Waals surface area (Å²) in [6, 6.07) is 5.13. The highest BCUT2D eigenvalue weighted by molar-refractivity contribution is 5.87. The molecule has 1 aromatic heterocycles. The molecule has 0 aliphatic carbocycles. The van der Waals surface area contributed by atoms with Crippen molar-refractivity contribution in [2.24, 2.45) is 0 Å². The van der Waals surface area contributed by atoms with Crippen LogP contribution in [0.2, 0.25) is 0 Å². The van der Waals surface area contributed by atoms with Gasteiger partial charge in [-0.3, -0.25) is 9.69 Å². The number of likely N-dealkylation sites (tertiary alicyclic amines) is 1. The first-order valence-electron chi connectivity index (χ1n) is 14.1. The molecular formula is C30H42N8O3. The first-order chi connectivity index (χ1) is 19.6. The van der Waals surface area contributed by atoms with Gasteiger partial charge in [0.25, 0.3) is 0 Å². The molecule has 1 aliphatic rings. The third kappa shape index (κ3) is 9.38. The van der Waals surface area contributed by atoms with Gasteiger partial charge in [-0.25, -0.2) is 9.78 Å². The topological polar surface area (TPSA) is 144 Å². The van der Waals surface area contributed by atoms with Gasteiger partial charge in [0.05, 0.1) is 11.8 Å². The number of nitrogens with one attached hydrogen (secondary N) is 5. The summed E-state index contributed by atoms with van der Waals surface area (Å²) in [4.78, 5) is 35.8. The normalized spacial score (nSPS) is 14.5. The van der Waals surface area contributed by atoms with Gasteiger partial charge >= 0.3 is 6.09 Å². The lowest BCUT2D eigenvalue weighted by Gasteiger charge is -2.28. The molecule has 1 atom stereocenters. The lowest BCUT2D eigenvalue weighted by atomic mass is 10.1. The van der Waals surface area contributed by atoms with E-state index in [1.54, 1.807) is 6.20 Å². The van der Waals surface area contributed by atoms with Crippen molar-refractivity contribution in [2.45, 2.75) is 71.4 Å². The van der Waals surface area contributed by atoms with Gasteiger partial charge in [-0.05, 0) is 64.7 Å². The zero-order valence-corrected chi connectivity index (χ0v) is 24.7.